The smallest absolute Gasteiger partial charge is 0.320 e. The fourth-order valence-corrected chi connectivity index (χ4v) is 3.45. The Morgan fingerprint density at radius 1 is 1.16 bits per heavy atom. The molecule has 2 aromatic carbocycles. The summed E-state index contributed by atoms with van der Waals surface area (Å²) in [7, 11) is 0. The zero-order chi connectivity index (χ0) is 22.0. The molecule has 0 aliphatic heterocycles. The predicted octanol–water partition coefficient (Wildman–Crippen LogP) is 5.20. The second kappa shape index (κ2) is 8.67. The molecular weight excluding hydrogens is 402 g/mol. The lowest BCUT2D eigenvalue weighted by Gasteiger charge is -2.15. The standard InChI is InChI=1S/C23H22F2N4O2/c1-14-7-9-16(10-8-14)19-13-26-21(31-19)12-11-20(30)27-15(2)22-28-17-5-3-4-6-18(17)29(22)23(24)25/h3-10,13,15,23H,11-12H2,1-2H3,(H,27,30). The molecule has 1 N–H and O–H groups in total. The molecule has 31 heavy (non-hydrogen) atoms. The van der Waals surface area contributed by atoms with Crippen LogP contribution in [0.5, 0.6) is 0 Å². The summed E-state index contributed by atoms with van der Waals surface area (Å²) in [5, 5.41) is 2.74. The van der Waals surface area contributed by atoms with Gasteiger partial charge in [0.15, 0.2) is 11.7 Å². The third-order valence-corrected chi connectivity index (χ3v) is 5.04. The van der Waals surface area contributed by atoms with Crippen LogP contribution in [0.3, 0.4) is 0 Å². The summed E-state index contributed by atoms with van der Waals surface area (Å²) in [4.78, 5) is 20.9. The van der Waals surface area contributed by atoms with Gasteiger partial charge in [-0.25, -0.2) is 9.97 Å². The number of carbonyl (C=O) groups is 1. The number of alkyl halides is 2. The second-order valence-corrected chi connectivity index (χ2v) is 7.38. The minimum atomic E-state index is -2.76. The van der Waals surface area contributed by atoms with Crippen LogP contribution in [-0.4, -0.2) is 20.4 Å². The molecule has 0 aliphatic carbocycles. The summed E-state index contributed by atoms with van der Waals surface area (Å²) in [5.74, 6) is 0.894. The fourth-order valence-electron chi connectivity index (χ4n) is 3.45. The number of para-hydroxylation sites is 2. The maximum absolute atomic E-state index is 13.6. The Kier molecular flexibility index (Phi) is 5.79. The van der Waals surface area contributed by atoms with Crippen molar-refractivity contribution in [1.82, 2.24) is 19.9 Å². The quantitative estimate of drug-likeness (QED) is 0.442. The third kappa shape index (κ3) is 4.47. The van der Waals surface area contributed by atoms with Gasteiger partial charge in [0, 0.05) is 18.4 Å². The van der Waals surface area contributed by atoms with Crippen molar-refractivity contribution < 1.29 is 18.0 Å². The minimum Gasteiger partial charge on any atom is -0.441 e. The van der Waals surface area contributed by atoms with Gasteiger partial charge in [-0.2, -0.15) is 8.78 Å². The molecule has 4 rings (SSSR count). The maximum Gasteiger partial charge on any atom is 0.320 e. The number of carbonyl (C=O) groups excluding carboxylic acids is 1. The van der Waals surface area contributed by atoms with Crippen molar-refractivity contribution >= 4 is 16.9 Å². The van der Waals surface area contributed by atoms with Crippen molar-refractivity contribution in [3.05, 3.63) is 72.0 Å². The largest absolute Gasteiger partial charge is 0.441 e. The summed E-state index contributed by atoms with van der Waals surface area (Å²) in [6, 6.07) is 13.9. The molecule has 6 nitrogen and oxygen atoms in total. The van der Waals surface area contributed by atoms with E-state index in [1.807, 2.05) is 31.2 Å². The number of aryl methyl sites for hydroxylation is 2. The van der Waals surface area contributed by atoms with E-state index in [1.165, 1.54) is 0 Å². The molecule has 0 saturated heterocycles. The molecule has 0 aliphatic rings. The maximum atomic E-state index is 13.6. The van der Waals surface area contributed by atoms with Crippen molar-refractivity contribution in [2.45, 2.75) is 39.3 Å². The number of amides is 1. The summed E-state index contributed by atoms with van der Waals surface area (Å²) in [5.41, 5.74) is 2.85. The molecule has 160 valence electrons. The van der Waals surface area contributed by atoms with E-state index in [9.17, 15) is 13.6 Å². The van der Waals surface area contributed by atoms with Crippen LogP contribution >= 0.6 is 0 Å². The minimum absolute atomic E-state index is 0.113. The van der Waals surface area contributed by atoms with Gasteiger partial charge in [-0.3, -0.25) is 9.36 Å². The van der Waals surface area contributed by atoms with Crippen LogP contribution in [-0.2, 0) is 11.2 Å². The summed E-state index contributed by atoms with van der Waals surface area (Å²) in [6.45, 7) is 0.888. The lowest BCUT2D eigenvalue weighted by molar-refractivity contribution is -0.121. The average Bonchev–Trinajstić information content (AvgIpc) is 3.37. The van der Waals surface area contributed by atoms with Gasteiger partial charge in [0.2, 0.25) is 5.91 Å². The van der Waals surface area contributed by atoms with E-state index in [0.29, 0.717) is 29.1 Å². The van der Waals surface area contributed by atoms with E-state index >= 15 is 0 Å². The van der Waals surface area contributed by atoms with Crippen LogP contribution < -0.4 is 5.32 Å². The number of hydrogen-bond acceptors (Lipinski definition) is 4. The topological polar surface area (TPSA) is 73.0 Å². The van der Waals surface area contributed by atoms with Crippen LogP contribution in [0, 0.1) is 6.92 Å². The Balaban J connectivity index is 1.40. The van der Waals surface area contributed by atoms with Crippen LogP contribution in [0.1, 0.15) is 43.2 Å². The van der Waals surface area contributed by atoms with Gasteiger partial charge in [0.05, 0.1) is 23.3 Å². The lowest BCUT2D eigenvalue weighted by atomic mass is 10.1. The lowest BCUT2D eigenvalue weighted by Crippen LogP contribution is -2.29. The van der Waals surface area contributed by atoms with Gasteiger partial charge in [0.1, 0.15) is 5.82 Å². The number of nitrogens with zero attached hydrogens (tertiary/aromatic N) is 3. The normalized spacial score (nSPS) is 12.4. The van der Waals surface area contributed by atoms with Crippen molar-refractivity contribution in [2.75, 3.05) is 0 Å². The zero-order valence-electron chi connectivity index (χ0n) is 17.2. The Bertz CT molecular complexity index is 1200. The number of halogens is 2. The van der Waals surface area contributed by atoms with Gasteiger partial charge < -0.3 is 9.73 Å². The molecule has 0 radical (unpaired) electrons. The van der Waals surface area contributed by atoms with Crippen molar-refractivity contribution in [3.63, 3.8) is 0 Å². The Morgan fingerprint density at radius 3 is 2.65 bits per heavy atom. The predicted molar refractivity (Wildman–Crippen MR) is 113 cm³/mol. The Morgan fingerprint density at radius 2 is 1.90 bits per heavy atom. The first-order chi connectivity index (χ1) is 14.9. The van der Waals surface area contributed by atoms with E-state index < -0.39 is 12.6 Å². The van der Waals surface area contributed by atoms with Gasteiger partial charge in [0.25, 0.3) is 0 Å². The highest BCUT2D eigenvalue weighted by atomic mass is 19.3. The number of aromatic nitrogens is 3. The average molecular weight is 424 g/mol. The number of rotatable bonds is 7. The number of nitrogens with one attached hydrogen (secondary N) is 1. The zero-order valence-corrected chi connectivity index (χ0v) is 17.2. The molecule has 1 unspecified atom stereocenters. The van der Waals surface area contributed by atoms with Crippen molar-refractivity contribution in [2.24, 2.45) is 0 Å². The molecule has 0 saturated carbocycles. The van der Waals surface area contributed by atoms with Crippen LogP contribution in [0.15, 0.2) is 59.1 Å². The summed E-state index contributed by atoms with van der Waals surface area (Å²) < 4.78 is 33.8. The highest BCUT2D eigenvalue weighted by Gasteiger charge is 2.23. The fraction of sp³-hybridized carbons (Fsp3) is 0.261. The molecule has 4 aromatic rings. The summed E-state index contributed by atoms with van der Waals surface area (Å²) >= 11 is 0. The molecule has 0 bridgehead atoms. The van der Waals surface area contributed by atoms with Gasteiger partial charge in [-0.05, 0) is 26.0 Å². The molecule has 2 aromatic heterocycles. The first-order valence-corrected chi connectivity index (χ1v) is 9.98. The number of hydrogen-bond donors (Lipinski definition) is 1. The number of oxazole rings is 1. The van der Waals surface area contributed by atoms with E-state index in [-0.39, 0.29) is 18.2 Å². The Labute approximate surface area is 177 Å². The van der Waals surface area contributed by atoms with E-state index in [0.717, 1.165) is 15.7 Å². The van der Waals surface area contributed by atoms with E-state index in [4.69, 9.17) is 4.42 Å². The second-order valence-electron chi connectivity index (χ2n) is 7.38. The summed E-state index contributed by atoms with van der Waals surface area (Å²) in [6.07, 6.45) is 2.05. The van der Waals surface area contributed by atoms with Gasteiger partial charge in [-0.1, -0.05) is 42.0 Å². The molecule has 2 heterocycles. The molecule has 1 amide bonds. The molecule has 0 spiro atoms. The first kappa shape index (κ1) is 20.7. The number of imidazole rings is 1. The molecule has 8 heteroatoms. The van der Waals surface area contributed by atoms with E-state index in [1.54, 1.807) is 37.4 Å². The molecule has 1 atom stereocenters. The highest BCUT2D eigenvalue weighted by Crippen LogP contribution is 2.27. The van der Waals surface area contributed by atoms with Gasteiger partial charge >= 0.3 is 6.55 Å². The van der Waals surface area contributed by atoms with Crippen LogP contribution in [0.4, 0.5) is 8.78 Å². The van der Waals surface area contributed by atoms with Crippen molar-refractivity contribution in [3.8, 4) is 11.3 Å². The highest BCUT2D eigenvalue weighted by molar-refractivity contribution is 5.78. The van der Waals surface area contributed by atoms with Crippen molar-refractivity contribution in [1.29, 1.82) is 0 Å². The Hall–Kier alpha value is -3.55. The number of benzene rings is 2. The first-order valence-electron chi connectivity index (χ1n) is 9.98. The van der Waals surface area contributed by atoms with Crippen LogP contribution in [0.2, 0.25) is 0 Å². The third-order valence-electron chi connectivity index (χ3n) is 5.04. The molecule has 0 fully saturated rings. The van der Waals surface area contributed by atoms with Crippen LogP contribution in [0.25, 0.3) is 22.4 Å². The molecular formula is C23H22F2N4O2. The number of fused-ring (bicyclic) bond motifs is 1. The SMILES string of the molecule is Cc1ccc(-c2cnc(CCC(=O)NC(C)c3nc4ccccc4n3C(F)F)o2)cc1. The van der Waals surface area contributed by atoms with E-state index in [2.05, 4.69) is 15.3 Å². The van der Waals surface area contributed by atoms with Gasteiger partial charge in [-0.15, -0.1) is 0 Å². The monoisotopic (exact) mass is 424 g/mol.